The molecule has 3 aliphatic rings. The number of rotatable bonds is 5. The minimum Gasteiger partial charge on any atom is -0.350 e. The van der Waals surface area contributed by atoms with Crippen LogP contribution in [0, 0.1) is 11.8 Å². The van der Waals surface area contributed by atoms with Gasteiger partial charge in [-0.2, -0.15) is 0 Å². The van der Waals surface area contributed by atoms with E-state index >= 15 is 0 Å². The first-order valence-corrected chi connectivity index (χ1v) is 11.0. The summed E-state index contributed by atoms with van der Waals surface area (Å²) in [6.07, 6.45) is 5.53. The third kappa shape index (κ3) is 4.76. The van der Waals surface area contributed by atoms with E-state index in [2.05, 4.69) is 47.1 Å². The highest BCUT2D eigenvalue weighted by atomic mass is 16.7. The Hall–Kier alpha value is -1.43. The molecule has 28 heavy (non-hydrogen) atoms. The lowest BCUT2D eigenvalue weighted by molar-refractivity contribution is -0.141. The maximum atomic E-state index is 13.1. The van der Waals surface area contributed by atoms with Crippen molar-refractivity contribution in [1.82, 2.24) is 9.80 Å². The first kappa shape index (κ1) is 19.9. The predicted molar refractivity (Wildman–Crippen MR) is 109 cm³/mol. The Morgan fingerprint density at radius 3 is 2.50 bits per heavy atom. The second kappa shape index (κ2) is 9.38. The van der Waals surface area contributed by atoms with Crippen LogP contribution in [0.4, 0.5) is 0 Å². The Labute approximate surface area is 169 Å². The summed E-state index contributed by atoms with van der Waals surface area (Å²) in [6.45, 7) is 7.18. The van der Waals surface area contributed by atoms with Gasteiger partial charge in [0, 0.05) is 25.6 Å². The molecule has 0 saturated carbocycles. The Balaban J connectivity index is 1.26. The predicted octanol–water partition coefficient (Wildman–Crippen LogP) is 2.94. The number of carbonyl (C=O) groups excluding carboxylic acids is 1. The normalized spacial score (nSPS) is 26.5. The van der Waals surface area contributed by atoms with Gasteiger partial charge < -0.3 is 14.4 Å². The van der Waals surface area contributed by atoms with Crippen molar-refractivity contribution in [1.29, 1.82) is 0 Å². The zero-order valence-corrected chi connectivity index (χ0v) is 17.1. The molecule has 3 aliphatic heterocycles. The average molecular weight is 387 g/mol. The van der Waals surface area contributed by atoms with E-state index in [4.69, 9.17) is 9.47 Å². The van der Waals surface area contributed by atoms with Crippen LogP contribution < -0.4 is 0 Å². The molecule has 0 bridgehead atoms. The lowest BCUT2D eigenvalue weighted by Crippen LogP contribution is -2.53. The maximum absolute atomic E-state index is 13.1. The Morgan fingerprint density at radius 1 is 1.07 bits per heavy atom. The highest BCUT2D eigenvalue weighted by Crippen LogP contribution is 2.27. The van der Waals surface area contributed by atoms with Crippen molar-refractivity contribution in [2.75, 3.05) is 39.4 Å². The van der Waals surface area contributed by atoms with Gasteiger partial charge in [0.1, 0.15) is 0 Å². The van der Waals surface area contributed by atoms with E-state index in [1.807, 2.05) is 0 Å². The standard InChI is InChI=1S/C23H34N2O3/c1-18(25-11-5-8-21(17-25)23-27-14-15-28-23)22(26)24-12-9-20(10-13-24)16-19-6-3-2-4-7-19/h2-4,6-7,18,20-21,23H,5,8-17H2,1H3. The molecule has 0 aliphatic carbocycles. The topological polar surface area (TPSA) is 42.0 Å². The summed E-state index contributed by atoms with van der Waals surface area (Å²) in [5.74, 6) is 1.38. The van der Waals surface area contributed by atoms with Gasteiger partial charge >= 0.3 is 0 Å². The molecule has 0 N–H and O–H groups in total. The molecule has 2 unspecified atom stereocenters. The zero-order chi connectivity index (χ0) is 19.3. The van der Waals surface area contributed by atoms with Gasteiger partial charge in [0.25, 0.3) is 0 Å². The minimum absolute atomic E-state index is 0.0464. The van der Waals surface area contributed by atoms with Crippen LogP contribution in [-0.2, 0) is 20.7 Å². The van der Waals surface area contributed by atoms with Crippen molar-refractivity contribution in [2.24, 2.45) is 11.8 Å². The SMILES string of the molecule is CC(C(=O)N1CCC(Cc2ccccc2)CC1)N1CCCC(C2OCCO2)C1. The molecule has 1 aromatic carbocycles. The van der Waals surface area contributed by atoms with Crippen molar-refractivity contribution in [3.8, 4) is 0 Å². The molecule has 0 radical (unpaired) electrons. The van der Waals surface area contributed by atoms with Crippen LogP contribution >= 0.6 is 0 Å². The van der Waals surface area contributed by atoms with Gasteiger partial charge in [-0.25, -0.2) is 0 Å². The Kier molecular flexibility index (Phi) is 6.65. The van der Waals surface area contributed by atoms with E-state index in [0.717, 1.165) is 58.3 Å². The number of carbonyl (C=O) groups is 1. The summed E-state index contributed by atoms with van der Waals surface area (Å²) in [5, 5.41) is 0. The number of likely N-dealkylation sites (tertiary alicyclic amines) is 2. The van der Waals surface area contributed by atoms with Crippen LogP contribution in [0.5, 0.6) is 0 Å². The molecule has 0 aromatic heterocycles. The fourth-order valence-corrected chi connectivity index (χ4v) is 4.99. The zero-order valence-electron chi connectivity index (χ0n) is 17.1. The fourth-order valence-electron chi connectivity index (χ4n) is 4.99. The van der Waals surface area contributed by atoms with Crippen LogP contribution in [0.25, 0.3) is 0 Å². The molecule has 2 atom stereocenters. The van der Waals surface area contributed by atoms with E-state index in [1.165, 1.54) is 5.56 Å². The molecule has 4 rings (SSSR count). The number of hydrogen-bond acceptors (Lipinski definition) is 4. The highest BCUT2D eigenvalue weighted by Gasteiger charge is 2.36. The molecule has 1 amide bonds. The van der Waals surface area contributed by atoms with Crippen LogP contribution in [-0.4, -0.2) is 67.4 Å². The summed E-state index contributed by atoms with van der Waals surface area (Å²) < 4.78 is 11.4. The van der Waals surface area contributed by atoms with Crippen LogP contribution in [0.15, 0.2) is 30.3 Å². The molecule has 5 nitrogen and oxygen atoms in total. The number of piperidine rings is 2. The van der Waals surface area contributed by atoms with Crippen molar-refractivity contribution < 1.29 is 14.3 Å². The maximum Gasteiger partial charge on any atom is 0.239 e. The van der Waals surface area contributed by atoms with Crippen LogP contribution in [0.2, 0.25) is 0 Å². The van der Waals surface area contributed by atoms with Gasteiger partial charge in [-0.3, -0.25) is 9.69 Å². The van der Waals surface area contributed by atoms with E-state index in [-0.39, 0.29) is 12.3 Å². The first-order chi connectivity index (χ1) is 13.7. The third-order valence-electron chi connectivity index (χ3n) is 6.72. The molecule has 3 saturated heterocycles. The molecular formula is C23H34N2O3. The van der Waals surface area contributed by atoms with Crippen molar-refractivity contribution >= 4 is 5.91 Å². The number of ether oxygens (including phenoxy) is 2. The third-order valence-corrected chi connectivity index (χ3v) is 6.72. The number of hydrogen-bond donors (Lipinski definition) is 0. The minimum atomic E-state index is -0.0705. The van der Waals surface area contributed by atoms with Crippen LogP contribution in [0.1, 0.15) is 38.2 Å². The number of amides is 1. The quantitative estimate of drug-likeness (QED) is 0.780. The summed E-state index contributed by atoms with van der Waals surface area (Å²) >= 11 is 0. The molecule has 154 valence electrons. The van der Waals surface area contributed by atoms with Gasteiger partial charge in [0.05, 0.1) is 19.3 Å². The van der Waals surface area contributed by atoms with Crippen molar-refractivity contribution in [3.05, 3.63) is 35.9 Å². The average Bonchev–Trinajstić information content (AvgIpc) is 3.29. The van der Waals surface area contributed by atoms with Gasteiger partial charge in [0.2, 0.25) is 5.91 Å². The number of nitrogens with zero attached hydrogens (tertiary/aromatic N) is 2. The van der Waals surface area contributed by atoms with Crippen molar-refractivity contribution in [2.45, 2.75) is 51.4 Å². The Morgan fingerprint density at radius 2 is 1.79 bits per heavy atom. The van der Waals surface area contributed by atoms with E-state index < -0.39 is 0 Å². The summed E-state index contributed by atoms with van der Waals surface area (Å²) in [5.41, 5.74) is 1.41. The Bertz CT molecular complexity index is 624. The summed E-state index contributed by atoms with van der Waals surface area (Å²) in [6, 6.07) is 10.7. The van der Waals surface area contributed by atoms with Gasteiger partial charge in [-0.05, 0) is 57.1 Å². The monoisotopic (exact) mass is 386 g/mol. The molecule has 3 heterocycles. The smallest absolute Gasteiger partial charge is 0.239 e. The summed E-state index contributed by atoms with van der Waals surface area (Å²) in [7, 11) is 0. The van der Waals surface area contributed by atoms with E-state index in [9.17, 15) is 4.79 Å². The lowest BCUT2D eigenvalue weighted by Gasteiger charge is -2.40. The summed E-state index contributed by atoms with van der Waals surface area (Å²) in [4.78, 5) is 17.6. The first-order valence-electron chi connectivity index (χ1n) is 11.0. The second-order valence-electron chi connectivity index (χ2n) is 8.64. The lowest BCUT2D eigenvalue weighted by atomic mass is 9.90. The van der Waals surface area contributed by atoms with Gasteiger partial charge in [-0.1, -0.05) is 30.3 Å². The second-order valence-corrected chi connectivity index (χ2v) is 8.64. The number of benzene rings is 1. The molecular weight excluding hydrogens is 352 g/mol. The van der Waals surface area contributed by atoms with Gasteiger partial charge in [0.15, 0.2) is 6.29 Å². The highest BCUT2D eigenvalue weighted by molar-refractivity contribution is 5.81. The fraction of sp³-hybridized carbons (Fsp3) is 0.696. The molecule has 5 heteroatoms. The largest absolute Gasteiger partial charge is 0.350 e. The van der Waals surface area contributed by atoms with Crippen molar-refractivity contribution in [3.63, 3.8) is 0 Å². The molecule has 1 aromatic rings. The molecule has 0 spiro atoms. The van der Waals surface area contributed by atoms with E-state index in [1.54, 1.807) is 0 Å². The van der Waals surface area contributed by atoms with E-state index in [0.29, 0.717) is 31.0 Å². The van der Waals surface area contributed by atoms with Gasteiger partial charge in [-0.15, -0.1) is 0 Å². The molecule has 3 fully saturated rings. The van der Waals surface area contributed by atoms with Crippen LogP contribution in [0.3, 0.4) is 0 Å².